The summed E-state index contributed by atoms with van der Waals surface area (Å²) in [5.41, 5.74) is 0.818. The van der Waals surface area contributed by atoms with E-state index in [2.05, 4.69) is 5.48 Å². The predicted molar refractivity (Wildman–Crippen MR) is 64.2 cm³/mol. The third-order valence-corrected chi connectivity index (χ3v) is 2.78. The molecule has 0 atom stereocenters. The molecule has 0 saturated carbocycles. The Hall–Kier alpha value is -1.10. The maximum atomic E-state index is 11.6. The van der Waals surface area contributed by atoms with Gasteiger partial charge in [-0.25, -0.2) is 5.48 Å². The van der Waals surface area contributed by atoms with Gasteiger partial charge in [0.05, 0.1) is 11.0 Å². The minimum absolute atomic E-state index is 0.0641. The molecule has 17 heavy (non-hydrogen) atoms. The van der Waals surface area contributed by atoms with Crippen LogP contribution in [-0.2, 0) is 14.4 Å². The zero-order chi connectivity index (χ0) is 13.7. The van der Waals surface area contributed by atoms with Gasteiger partial charge in [-0.2, -0.15) is 0 Å². The van der Waals surface area contributed by atoms with Crippen LogP contribution in [0.25, 0.3) is 0 Å². The summed E-state index contributed by atoms with van der Waals surface area (Å²) in [5, 5.41) is 9.18. The van der Waals surface area contributed by atoms with Gasteiger partial charge in [-0.15, -0.1) is 0 Å². The van der Waals surface area contributed by atoms with Crippen LogP contribution >= 0.6 is 0 Å². The lowest BCUT2D eigenvalue weighted by molar-refractivity contribution is -0.158. The molecule has 0 bridgehead atoms. The second-order valence-electron chi connectivity index (χ2n) is 5.21. The van der Waals surface area contributed by atoms with E-state index in [4.69, 9.17) is 4.84 Å². The van der Waals surface area contributed by atoms with Gasteiger partial charge < -0.3 is 5.11 Å². The van der Waals surface area contributed by atoms with Crippen molar-refractivity contribution in [2.45, 2.75) is 59.5 Å². The molecule has 5 nitrogen and oxygen atoms in total. The van der Waals surface area contributed by atoms with E-state index in [-0.39, 0.29) is 6.42 Å². The summed E-state index contributed by atoms with van der Waals surface area (Å²) in [6.07, 6.45) is 0.773. The second-order valence-corrected chi connectivity index (χ2v) is 5.21. The molecule has 0 unspecified atom stereocenters. The number of carboxylic acid groups (broad SMARTS) is 1. The zero-order valence-corrected chi connectivity index (χ0v) is 11.3. The van der Waals surface area contributed by atoms with E-state index in [1.807, 2.05) is 0 Å². The minimum atomic E-state index is -0.995. The van der Waals surface area contributed by atoms with Crippen LogP contribution in [-0.4, -0.2) is 22.6 Å². The fourth-order valence-electron chi connectivity index (χ4n) is 1.43. The molecule has 0 aliphatic carbocycles. The predicted octanol–water partition coefficient (Wildman–Crippen LogP) is 2.11. The van der Waals surface area contributed by atoms with Gasteiger partial charge in [0.2, 0.25) is 5.91 Å². The van der Waals surface area contributed by atoms with E-state index in [0.29, 0.717) is 12.8 Å². The lowest BCUT2D eigenvalue weighted by atomic mass is 9.79. The number of hydrogen-bond donors (Lipinski definition) is 2. The van der Waals surface area contributed by atoms with Crippen molar-refractivity contribution in [2.75, 3.05) is 0 Å². The van der Waals surface area contributed by atoms with E-state index >= 15 is 0 Å². The highest BCUT2D eigenvalue weighted by atomic mass is 16.7. The SMILES string of the molecule is CCC(CC)(CC(=O)NOC(C)(C)C)C(=O)O. The Balaban J connectivity index is 4.48. The molecule has 0 radical (unpaired) electrons. The number of carbonyl (C=O) groups is 2. The fourth-order valence-corrected chi connectivity index (χ4v) is 1.43. The molecule has 0 heterocycles. The molecular weight excluding hydrogens is 222 g/mol. The molecule has 0 aliphatic rings. The molecule has 1 amide bonds. The average Bonchev–Trinajstić information content (AvgIpc) is 2.22. The first kappa shape index (κ1) is 15.9. The van der Waals surface area contributed by atoms with Gasteiger partial charge in [0.1, 0.15) is 0 Å². The summed E-state index contributed by atoms with van der Waals surface area (Å²) in [5.74, 6) is -1.33. The molecule has 0 fully saturated rings. The largest absolute Gasteiger partial charge is 0.481 e. The third-order valence-electron chi connectivity index (χ3n) is 2.78. The van der Waals surface area contributed by atoms with Crippen molar-refractivity contribution in [3.63, 3.8) is 0 Å². The molecule has 0 aromatic heterocycles. The summed E-state index contributed by atoms with van der Waals surface area (Å²) in [6, 6.07) is 0. The van der Waals surface area contributed by atoms with Crippen LogP contribution in [0.1, 0.15) is 53.9 Å². The second kappa shape index (κ2) is 6.00. The van der Waals surface area contributed by atoms with Crippen molar-refractivity contribution < 1.29 is 19.5 Å². The van der Waals surface area contributed by atoms with Crippen molar-refractivity contribution >= 4 is 11.9 Å². The fraction of sp³-hybridized carbons (Fsp3) is 0.833. The highest BCUT2D eigenvalue weighted by molar-refractivity contribution is 5.84. The van der Waals surface area contributed by atoms with Gasteiger partial charge in [0.15, 0.2) is 0 Å². The normalized spacial score (nSPS) is 12.3. The van der Waals surface area contributed by atoms with Crippen LogP contribution in [0.15, 0.2) is 0 Å². The minimum Gasteiger partial charge on any atom is -0.481 e. The van der Waals surface area contributed by atoms with Crippen LogP contribution in [0, 0.1) is 5.41 Å². The summed E-state index contributed by atoms with van der Waals surface area (Å²) in [6.45, 7) is 8.96. The van der Waals surface area contributed by atoms with Gasteiger partial charge in [-0.3, -0.25) is 14.4 Å². The van der Waals surface area contributed by atoms with E-state index in [1.54, 1.807) is 34.6 Å². The number of rotatable bonds is 6. The third kappa shape index (κ3) is 5.17. The van der Waals surface area contributed by atoms with Crippen molar-refractivity contribution in [2.24, 2.45) is 5.41 Å². The molecule has 0 aromatic carbocycles. The van der Waals surface area contributed by atoms with Crippen molar-refractivity contribution in [3.05, 3.63) is 0 Å². The van der Waals surface area contributed by atoms with E-state index in [9.17, 15) is 14.7 Å². The van der Waals surface area contributed by atoms with Gasteiger partial charge in [-0.1, -0.05) is 13.8 Å². The van der Waals surface area contributed by atoms with Crippen LogP contribution in [0.5, 0.6) is 0 Å². The lowest BCUT2D eigenvalue weighted by Gasteiger charge is -2.27. The maximum absolute atomic E-state index is 11.6. The highest BCUT2D eigenvalue weighted by Crippen LogP contribution is 2.30. The number of amides is 1. The Labute approximate surface area is 102 Å². The first-order chi connectivity index (χ1) is 7.67. The van der Waals surface area contributed by atoms with E-state index in [1.165, 1.54) is 0 Å². The Morgan fingerprint density at radius 2 is 1.65 bits per heavy atom. The van der Waals surface area contributed by atoms with Crippen LogP contribution in [0.3, 0.4) is 0 Å². The Bertz CT molecular complexity index is 277. The van der Waals surface area contributed by atoms with E-state index in [0.717, 1.165) is 0 Å². The monoisotopic (exact) mass is 245 g/mol. The number of carboxylic acids is 1. The number of carbonyl (C=O) groups excluding carboxylic acids is 1. The van der Waals surface area contributed by atoms with Gasteiger partial charge in [-0.05, 0) is 33.6 Å². The first-order valence-corrected chi connectivity index (χ1v) is 5.87. The maximum Gasteiger partial charge on any atom is 0.310 e. The molecule has 0 spiro atoms. The van der Waals surface area contributed by atoms with Crippen LogP contribution < -0.4 is 5.48 Å². The smallest absolute Gasteiger partial charge is 0.310 e. The molecule has 0 rings (SSSR count). The number of nitrogens with one attached hydrogen (secondary N) is 1. The molecule has 100 valence electrons. The molecule has 0 aromatic rings. The summed E-state index contributed by atoms with van der Waals surface area (Å²) < 4.78 is 0. The number of hydroxylamine groups is 1. The molecule has 2 N–H and O–H groups in total. The Morgan fingerprint density at radius 3 is 1.94 bits per heavy atom. The first-order valence-electron chi connectivity index (χ1n) is 5.87. The molecule has 5 heteroatoms. The quantitative estimate of drug-likeness (QED) is 0.703. The van der Waals surface area contributed by atoms with Crippen molar-refractivity contribution in [1.82, 2.24) is 5.48 Å². The van der Waals surface area contributed by atoms with Gasteiger partial charge in [0, 0.05) is 6.42 Å². The summed E-state index contributed by atoms with van der Waals surface area (Å²) in [7, 11) is 0. The number of hydrogen-bond acceptors (Lipinski definition) is 3. The molecule has 0 aliphatic heterocycles. The number of aliphatic carboxylic acids is 1. The zero-order valence-electron chi connectivity index (χ0n) is 11.3. The van der Waals surface area contributed by atoms with Gasteiger partial charge >= 0.3 is 5.97 Å². The van der Waals surface area contributed by atoms with Crippen LogP contribution in [0.2, 0.25) is 0 Å². The lowest BCUT2D eigenvalue weighted by Crippen LogP contribution is -2.39. The van der Waals surface area contributed by atoms with Crippen LogP contribution in [0.4, 0.5) is 0 Å². The summed E-state index contributed by atoms with van der Waals surface area (Å²) >= 11 is 0. The summed E-state index contributed by atoms with van der Waals surface area (Å²) in [4.78, 5) is 27.9. The van der Waals surface area contributed by atoms with Gasteiger partial charge in [0.25, 0.3) is 0 Å². The molecular formula is C12H23NO4. The van der Waals surface area contributed by atoms with E-state index < -0.39 is 22.9 Å². The standard InChI is InChI=1S/C12H23NO4/c1-6-12(7-2,10(15)16)8-9(14)13-17-11(3,4)5/h6-8H2,1-5H3,(H,13,14)(H,15,16). The average molecular weight is 245 g/mol. The topological polar surface area (TPSA) is 75.6 Å². The Morgan fingerprint density at radius 1 is 1.18 bits per heavy atom. The van der Waals surface area contributed by atoms with Crippen molar-refractivity contribution in [3.8, 4) is 0 Å². The Kier molecular flexibility index (Phi) is 5.61. The van der Waals surface area contributed by atoms with Crippen molar-refractivity contribution in [1.29, 1.82) is 0 Å². The molecule has 0 saturated heterocycles. The highest BCUT2D eigenvalue weighted by Gasteiger charge is 2.37.